The molecule has 1 atom stereocenters. The Bertz CT molecular complexity index is 817. The van der Waals surface area contributed by atoms with Crippen LogP contribution in [0, 0.1) is 0 Å². The van der Waals surface area contributed by atoms with Crippen LogP contribution in [0.1, 0.15) is 17.3 Å². The monoisotopic (exact) mass is 355 g/mol. The number of benzene rings is 2. The summed E-state index contributed by atoms with van der Waals surface area (Å²) in [5.41, 5.74) is 0.0213. The van der Waals surface area contributed by atoms with Gasteiger partial charge in [0.05, 0.1) is 25.8 Å². The van der Waals surface area contributed by atoms with E-state index in [0.717, 1.165) is 0 Å². The Balaban J connectivity index is 2.49. The first kappa shape index (κ1) is 18.6. The van der Waals surface area contributed by atoms with Crippen molar-refractivity contribution in [2.75, 3.05) is 14.2 Å². The van der Waals surface area contributed by atoms with E-state index in [1.165, 1.54) is 27.2 Å². The molecule has 0 fully saturated rings. The highest BCUT2D eigenvalue weighted by atomic mass is 19.4. The molecule has 1 amide bonds. The van der Waals surface area contributed by atoms with Gasteiger partial charge in [-0.3, -0.25) is 9.59 Å². The van der Waals surface area contributed by atoms with Crippen molar-refractivity contribution in [2.24, 2.45) is 0 Å². The molecular formula is C17H16F3NO4. The minimum atomic E-state index is -5.07. The molecule has 2 aromatic carbocycles. The highest BCUT2D eigenvalue weighted by molar-refractivity contribution is 6.09. The van der Waals surface area contributed by atoms with Crippen molar-refractivity contribution in [3.8, 4) is 11.5 Å². The molecule has 0 spiro atoms. The Morgan fingerprint density at radius 3 is 2.20 bits per heavy atom. The van der Waals surface area contributed by atoms with Gasteiger partial charge >= 0.3 is 12.1 Å². The molecule has 0 heterocycles. The second kappa shape index (κ2) is 7.00. The standard InChI is InChI=1S/C17H16F3NO4/c1-9(21-16(23)17(18,19)20)14(22)12-8-13(24-2)10-6-4-5-7-11(10)15(12)25-3/h4-9H,1-3H3,(H,21,23)/t9-/m1/s1. The molecule has 0 aliphatic heterocycles. The lowest BCUT2D eigenvalue weighted by atomic mass is 9.98. The topological polar surface area (TPSA) is 64.6 Å². The first-order valence-corrected chi connectivity index (χ1v) is 7.26. The fourth-order valence-corrected chi connectivity index (χ4v) is 2.46. The Morgan fingerprint density at radius 1 is 1.08 bits per heavy atom. The van der Waals surface area contributed by atoms with Crippen LogP contribution in [0.25, 0.3) is 10.8 Å². The van der Waals surface area contributed by atoms with Crippen LogP contribution in [-0.2, 0) is 4.79 Å². The third kappa shape index (κ3) is 3.67. The second-order valence-electron chi connectivity index (χ2n) is 5.26. The lowest BCUT2D eigenvalue weighted by Crippen LogP contribution is -2.45. The molecule has 0 saturated carbocycles. The van der Waals surface area contributed by atoms with Crippen molar-refractivity contribution in [1.82, 2.24) is 5.32 Å². The first-order valence-electron chi connectivity index (χ1n) is 7.26. The summed E-state index contributed by atoms with van der Waals surface area (Å²) in [7, 11) is 2.77. The van der Waals surface area contributed by atoms with Crippen LogP contribution in [0.15, 0.2) is 30.3 Å². The fraction of sp³-hybridized carbons (Fsp3) is 0.294. The summed E-state index contributed by atoms with van der Waals surface area (Å²) in [6.07, 6.45) is -5.07. The largest absolute Gasteiger partial charge is 0.496 e. The van der Waals surface area contributed by atoms with E-state index >= 15 is 0 Å². The third-order valence-corrected chi connectivity index (χ3v) is 3.65. The van der Waals surface area contributed by atoms with E-state index in [1.54, 1.807) is 29.6 Å². The Kier molecular flexibility index (Phi) is 5.20. The molecule has 8 heteroatoms. The zero-order chi connectivity index (χ0) is 18.8. The van der Waals surface area contributed by atoms with Crippen LogP contribution in [0.4, 0.5) is 13.2 Å². The number of hydrogen-bond acceptors (Lipinski definition) is 4. The maximum atomic E-state index is 12.6. The Morgan fingerprint density at radius 2 is 1.68 bits per heavy atom. The molecular weight excluding hydrogens is 339 g/mol. The molecule has 1 N–H and O–H groups in total. The summed E-state index contributed by atoms with van der Waals surface area (Å²) >= 11 is 0. The number of methoxy groups -OCH3 is 2. The average Bonchev–Trinajstić information content (AvgIpc) is 2.58. The molecule has 0 aliphatic rings. The number of ketones is 1. The van der Waals surface area contributed by atoms with E-state index in [4.69, 9.17) is 9.47 Å². The highest BCUT2D eigenvalue weighted by Crippen LogP contribution is 2.37. The summed E-state index contributed by atoms with van der Waals surface area (Å²) in [5, 5.41) is 2.90. The van der Waals surface area contributed by atoms with E-state index in [-0.39, 0.29) is 11.3 Å². The van der Waals surface area contributed by atoms with E-state index in [9.17, 15) is 22.8 Å². The Hall–Kier alpha value is -2.77. The smallest absolute Gasteiger partial charge is 0.471 e. The number of carbonyl (C=O) groups excluding carboxylic acids is 2. The molecule has 25 heavy (non-hydrogen) atoms. The van der Waals surface area contributed by atoms with Crippen molar-refractivity contribution < 1.29 is 32.2 Å². The molecule has 134 valence electrons. The van der Waals surface area contributed by atoms with Gasteiger partial charge in [0.15, 0.2) is 5.78 Å². The average molecular weight is 355 g/mol. The van der Waals surface area contributed by atoms with Gasteiger partial charge in [-0.1, -0.05) is 24.3 Å². The van der Waals surface area contributed by atoms with Gasteiger partial charge in [-0.05, 0) is 13.0 Å². The number of ether oxygens (including phenoxy) is 2. The number of hydrogen-bond donors (Lipinski definition) is 1. The van der Waals surface area contributed by atoms with Gasteiger partial charge in [-0.15, -0.1) is 0 Å². The number of nitrogens with one attached hydrogen (secondary N) is 1. The number of alkyl halides is 3. The number of amides is 1. The molecule has 0 saturated heterocycles. The molecule has 5 nitrogen and oxygen atoms in total. The van der Waals surface area contributed by atoms with Crippen molar-refractivity contribution in [1.29, 1.82) is 0 Å². The SMILES string of the molecule is COc1cc(C(=O)[C@@H](C)NC(=O)C(F)(F)F)c(OC)c2ccccc12. The van der Waals surface area contributed by atoms with Crippen LogP contribution >= 0.6 is 0 Å². The van der Waals surface area contributed by atoms with Crippen LogP contribution < -0.4 is 14.8 Å². The highest BCUT2D eigenvalue weighted by Gasteiger charge is 2.40. The molecule has 0 radical (unpaired) electrons. The first-order chi connectivity index (χ1) is 11.7. The number of Topliss-reactive ketones (excluding diaryl/α,β-unsaturated/α-hetero) is 1. The predicted molar refractivity (Wildman–Crippen MR) is 85.0 cm³/mol. The zero-order valence-electron chi connectivity index (χ0n) is 13.7. The van der Waals surface area contributed by atoms with Gasteiger partial charge in [0, 0.05) is 10.8 Å². The number of rotatable bonds is 5. The van der Waals surface area contributed by atoms with Gasteiger partial charge in [0.25, 0.3) is 0 Å². The van der Waals surface area contributed by atoms with Gasteiger partial charge in [0.1, 0.15) is 11.5 Å². The number of fused-ring (bicyclic) bond motifs is 1. The minimum Gasteiger partial charge on any atom is -0.496 e. The number of halogens is 3. The normalized spacial score (nSPS) is 12.6. The molecule has 2 aromatic rings. The fourth-order valence-electron chi connectivity index (χ4n) is 2.46. The Labute approximate surface area is 141 Å². The minimum absolute atomic E-state index is 0.0213. The maximum absolute atomic E-state index is 12.6. The van der Waals surface area contributed by atoms with E-state index in [2.05, 4.69) is 0 Å². The van der Waals surface area contributed by atoms with E-state index in [0.29, 0.717) is 16.5 Å². The van der Waals surface area contributed by atoms with Crippen LogP contribution in [0.2, 0.25) is 0 Å². The van der Waals surface area contributed by atoms with Crippen molar-refractivity contribution in [3.05, 3.63) is 35.9 Å². The third-order valence-electron chi connectivity index (χ3n) is 3.65. The van der Waals surface area contributed by atoms with Crippen LogP contribution in [0.5, 0.6) is 11.5 Å². The second-order valence-corrected chi connectivity index (χ2v) is 5.26. The summed E-state index contributed by atoms with van der Waals surface area (Å²) < 4.78 is 47.7. The van der Waals surface area contributed by atoms with Gasteiger partial charge < -0.3 is 14.8 Å². The van der Waals surface area contributed by atoms with Gasteiger partial charge in [-0.2, -0.15) is 13.2 Å². The van der Waals surface area contributed by atoms with Crippen molar-refractivity contribution in [3.63, 3.8) is 0 Å². The zero-order valence-corrected chi connectivity index (χ0v) is 13.7. The number of carbonyl (C=O) groups is 2. The summed E-state index contributed by atoms with van der Waals surface area (Å²) in [4.78, 5) is 23.6. The molecule has 0 aliphatic carbocycles. The van der Waals surface area contributed by atoms with Gasteiger partial charge in [-0.25, -0.2) is 0 Å². The lowest BCUT2D eigenvalue weighted by Gasteiger charge is -2.18. The summed E-state index contributed by atoms with van der Waals surface area (Å²) in [6, 6.07) is 6.96. The summed E-state index contributed by atoms with van der Waals surface area (Å²) in [5.74, 6) is -2.33. The van der Waals surface area contributed by atoms with E-state index in [1.807, 2.05) is 0 Å². The van der Waals surface area contributed by atoms with Crippen LogP contribution in [-0.4, -0.2) is 38.1 Å². The molecule has 0 aromatic heterocycles. The predicted octanol–water partition coefficient (Wildman–Crippen LogP) is 3.11. The van der Waals surface area contributed by atoms with Crippen molar-refractivity contribution >= 4 is 22.5 Å². The van der Waals surface area contributed by atoms with E-state index < -0.39 is 23.9 Å². The molecule has 0 unspecified atom stereocenters. The maximum Gasteiger partial charge on any atom is 0.471 e. The van der Waals surface area contributed by atoms with Gasteiger partial charge in [0.2, 0.25) is 0 Å². The summed E-state index contributed by atoms with van der Waals surface area (Å²) in [6.45, 7) is 1.17. The lowest BCUT2D eigenvalue weighted by molar-refractivity contribution is -0.173. The van der Waals surface area contributed by atoms with Crippen molar-refractivity contribution in [2.45, 2.75) is 19.1 Å². The quantitative estimate of drug-likeness (QED) is 0.837. The van der Waals surface area contributed by atoms with Crippen LogP contribution in [0.3, 0.4) is 0 Å². The molecule has 2 rings (SSSR count). The molecule has 0 bridgehead atoms.